The average Bonchev–Trinajstić information content (AvgIpc) is 2.97. The van der Waals surface area contributed by atoms with E-state index in [0.717, 1.165) is 40.9 Å². The average molecular weight is 565 g/mol. The first kappa shape index (κ1) is 24.0. The van der Waals surface area contributed by atoms with Gasteiger partial charge in [0.2, 0.25) is 5.91 Å². The van der Waals surface area contributed by atoms with Gasteiger partial charge in [0.25, 0.3) is 0 Å². The number of amides is 1. The van der Waals surface area contributed by atoms with Gasteiger partial charge in [0.15, 0.2) is 9.84 Å². The van der Waals surface area contributed by atoms with Gasteiger partial charge >= 0.3 is 0 Å². The lowest BCUT2D eigenvalue weighted by molar-refractivity contribution is -0.132. The summed E-state index contributed by atoms with van der Waals surface area (Å²) in [5, 5.41) is 0.745. The molecule has 6 nitrogen and oxygen atoms in total. The molecule has 3 aliphatic rings. The Kier molecular flexibility index (Phi) is 6.86. The van der Waals surface area contributed by atoms with Gasteiger partial charge in [-0.25, -0.2) is 8.42 Å². The molecule has 0 N–H and O–H groups in total. The van der Waals surface area contributed by atoms with Crippen molar-refractivity contribution < 1.29 is 13.2 Å². The predicted molar refractivity (Wildman–Crippen MR) is 138 cm³/mol. The lowest BCUT2D eigenvalue weighted by Gasteiger charge is -2.33. The highest BCUT2D eigenvalue weighted by Crippen LogP contribution is 2.39. The summed E-state index contributed by atoms with van der Waals surface area (Å²) in [4.78, 5) is 21.6. The summed E-state index contributed by atoms with van der Waals surface area (Å²) in [6.45, 7) is 2.50. The molecule has 2 saturated heterocycles. The largest absolute Gasteiger partial charge is 0.341 e. The molecular formula is C25H27BrClN3O3S. The van der Waals surface area contributed by atoms with Gasteiger partial charge in [0, 0.05) is 47.4 Å². The van der Waals surface area contributed by atoms with Crippen LogP contribution in [0.25, 0.3) is 5.57 Å². The second-order valence-corrected chi connectivity index (χ2v) is 12.9. The van der Waals surface area contributed by atoms with Gasteiger partial charge in [-0.1, -0.05) is 23.2 Å². The van der Waals surface area contributed by atoms with Crippen LogP contribution in [0.3, 0.4) is 0 Å². The van der Waals surface area contributed by atoms with Gasteiger partial charge in [-0.3, -0.25) is 14.7 Å². The number of rotatable bonds is 2. The van der Waals surface area contributed by atoms with Crippen molar-refractivity contribution in [3.8, 4) is 0 Å². The number of aromatic nitrogens is 1. The van der Waals surface area contributed by atoms with Crippen molar-refractivity contribution >= 4 is 48.8 Å². The first-order valence-corrected chi connectivity index (χ1v) is 14.6. The molecule has 0 atom stereocenters. The van der Waals surface area contributed by atoms with Crippen LogP contribution < -0.4 is 0 Å². The Morgan fingerprint density at radius 3 is 2.44 bits per heavy atom. The Hall–Kier alpha value is -1.74. The Labute approximate surface area is 214 Å². The summed E-state index contributed by atoms with van der Waals surface area (Å²) in [6, 6.07) is 8.28. The van der Waals surface area contributed by atoms with E-state index >= 15 is 0 Å². The fourth-order valence-corrected chi connectivity index (χ4v) is 6.99. The van der Waals surface area contributed by atoms with Crippen molar-refractivity contribution in [2.45, 2.75) is 25.7 Å². The number of piperidine rings is 1. The standard InChI is InChI=1S/C25H27BrClN3O3S/c26-20-13-19-2-1-18-14-21(27)3-4-22(18)24(25(19)28-15-20)17-5-7-30(8-6-17)23(31)16-29-9-11-34(32,33)12-10-29/h3-4,13-15H,1-2,5-12,16H2. The van der Waals surface area contributed by atoms with Gasteiger partial charge in [0.1, 0.15) is 0 Å². The highest BCUT2D eigenvalue weighted by Gasteiger charge is 2.29. The lowest BCUT2D eigenvalue weighted by atomic mass is 9.88. The van der Waals surface area contributed by atoms with E-state index in [1.807, 2.05) is 22.1 Å². The fraction of sp³-hybridized carbons (Fsp3) is 0.440. The van der Waals surface area contributed by atoms with Crippen LogP contribution in [0.1, 0.15) is 35.2 Å². The summed E-state index contributed by atoms with van der Waals surface area (Å²) in [6.07, 6.45) is 5.28. The summed E-state index contributed by atoms with van der Waals surface area (Å²) >= 11 is 9.90. The second-order valence-electron chi connectivity index (χ2n) is 9.25. The summed E-state index contributed by atoms with van der Waals surface area (Å²) in [5.41, 5.74) is 7.22. The van der Waals surface area contributed by atoms with Crippen LogP contribution >= 0.6 is 27.5 Å². The van der Waals surface area contributed by atoms with Crippen LogP contribution in [0.4, 0.5) is 0 Å². The zero-order valence-corrected chi connectivity index (χ0v) is 22.1. The number of nitrogens with zero attached hydrogens (tertiary/aromatic N) is 3. The Bertz CT molecular complexity index is 1200. The maximum Gasteiger partial charge on any atom is 0.236 e. The molecule has 2 aromatic rings. The van der Waals surface area contributed by atoms with Gasteiger partial charge in [-0.05, 0) is 76.5 Å². The first-order chi connectivity index (χ1) is 16.3. The van der Waals surface area contributed by atoms with Gasteiger partial charge in [-0.15, -0.1) is 0 Å². The molecule has 1 aliphatic carbocycles. The summed E-state index contributed by atoms with van der Waals surface area (Å²) < 4.78 is 24.3. The van der Waals surface area contributed by atoms with Crippen molar-refractivity contribution in [2.24, 2.45) is 0 Å². The summed E-state index contributed by atoms with van der Waals surface area (Å²) in [5.74, 6) is 0.365. The SMILES string of the molecule is O=C(CN1CCS(=O)(=O)CC1)N1CCC(=C2c3ccc(Cl)cc3CCc3cc(Br)cnc32)CC1. The molecule has 0 saturated carbocycles. The zero-order valence-electron chi connectivity index (χ0n) is 18.9. The van der Waals surface area contributed by atoms with Crippen LogP contribution in [0, 0.1) is 0 Å². The number of fused-ring (bicyclic) bond motifs is 2. The molecule has 0 bridgehead atoms. The Morgan fingerprint density at radius 2 is 1.71 bits per heavy atom. The van der Waals surface area contributed by atoms with Gasteiger partial charge < -0.3 is 4.90 Å². The number of carbonyl (C=O) groups is 1. The fourth-order valence-electron chi connectivity index (χ4n) is 5.14. The topological polar surface area (TPSA) is 70.6 Å². The van der Waals surface area contributed by atoms with Crippen LogP contribution in [-0.4, -0.2) is 73.3 Å². The third-order valence-corrected chi connectivity index (χ3v) is 9.32. The van der Waals surface area contributed by atoms with E-state index in [9.17, 15) is 13.2 Å². The minimum absolute atomic E-state index is 0.0823. The number of aryl methyl sites for hydroxylation is 2. The minimum Gasteiger partial charge on any atom is -0.341 e. The molecule has 34 heavy (non-hydrogen) atoms. The summed E-state index contributed by atoms with van der Waals surface area (Å²) in [7, 11) is -2.94. The number of halogens is 2. The van der Waals surface area contributed by atoms with Gasteiger partial charge in [-0.2, -0.15) is 0 Å². The first-order valence-electron chi connectivity index (χ1n) is 11.7. The molecule has 2 aliphatic heterocycles. The molecular weight excluding hydrogens is 538 g/mol. The number of hydrogen-bond donors (Lipinski definition) is 0. The number of likely N-dealkylation sites (tertiary alicyclic amines) is 1. The van der Waals surface area contributed by atoms with E-state index < -0.39 is 9.84 Å². The molecule has 9 heteroatoms. The number of pyridine rings is 1. The molecule has 5 rings (SSSR count). The number of benzene rings is 1. The quantitative estimate of drug-likeness (QED) is 0.556. The molecule has 1 amide bonds. The van der Waals surface area contributed by atoms with Crippen LogP contribution in [0.15, 0.2) is 40.5 Å². The van der Waals surface area contributed by atoms with Crippen molar-refractivity contribution in [1.29, 1.82) is 0 Å². The molecule has 1 aromatic heterocycles. The van der Waals surface area contributed by atoms with Crippen molar-refractivity contribution in [2.75, 3.05) is 44.2 Å². The maximum absolute atomic E-state index is 12.9. The third kappa shape index (κ3) is 5.10. The normalized spacial score (nSPS) is 20.5. The lowest BCUT2D eigenvalue weighted by Crippen LogP contribution is -2.47. The third-order valence-electron chi connectivity index (χ3n) is 7.04. The maximum atomic E-state index is 12.9. The Morgan fingerprint density at radius 1 is 1.00 bits per heavy atom. The van der Waals surface area contributed by atoms with Crippen molar-refractivity contribution in [1.82, 2.24) is 14.8 Å². The number of sulfone groups is 1. The van der Waals surface area contributed by atoms with Gasteiger partial charge in [0.05, 0.1) is 23.7 Å². The monoisotopic (exact) mass is 563 g/mol. The van der Waals surface area contributed by atoms with Crippen LogP contribution in [-0.2, 0) is 27.5 Å². The number of carbonyl (C=O) groups excluding carboxylic acids is 1. The van der Waals surface area contributed by atoms with E-state index in [1.54, 1.807) is 0 Å². The minimum atomic E-state index is -2.94. The molecule has 0 radical (unpaired) electrons. The van der Waals surface area contributed by atoms with E-state index in [4.69, 9.17) is 16.6 Å². The predicted octanol–water partition coefficient (Wildman–Crippen LogP) is 3.75. The molecule has 3 heterocycles. The van der Waals surface area contributed by atoms with E-state index in [1.165, 1.54) is 27.8 Å². The zero-order chi connectivity index (χ0) is 23.9. The smallest absolute Gasteiger partial charge is 0.236 e. The van der Waals surface area contributed by atoms with Crippen LogP contribution in [0.2, 0.25) is 5.02 Å². The molecule has 1 aromatic carbocycles. The highest BCUT2D eigenvalue weighted by molar-refractivity contribution is 9.10. The van der Waals surface area contributed by atoms with E-state index in [-0.39, 0.29) is 17.4 Å². The molecule has 2 fully saturated rings. The van der Waals surface area contributed by atoms with Crippen molar-refractivity contribution in [3.05, 3.63) is 67.9 Å². The highest BCUT2D eigenvalue weighted by atomic mass is 79.9. The number of hydrogen-bond acceptors (Lipinski definition) is 5. The van der Waals surface area contributed by atoms with Crippen LogP contribution in [0.5, 0.6) is 0 Å². The van der Waals surface area contributed by atoms with E-state index in [2.05, 4.69) is 34.1 Å². The molecule has 0 unspecified atom stereocenters. The van der Waals surface area contributed by atoms with Crippen molar-refractivity contribution in [3.63, 3.8) is 0 Å². The molecule has 180 valence electrons. The van der Waals surface area contributed by atoms with E-state index in [0.29, 0.717) is 32.7 Å². The Balaban J connectivity index is 1.38. The second kappa shape index (κ2) is 9.72. The molecule has 0 spiro atoms.